The molecule has 0 saturated heterocycles. The SMILES string of the molecule is c1cc(-c2ccc3c4ccncc4c4ccccc4c3c2)cc(-c2cccc3c2sc2ccccc23)c1. The van der Waals surface area contributed by atoms with Gasteiger partial charge in [0.25, 0.3) is 0 Å². The van der Waals surface area contributed by atoms with E-state index < -0.39 is 0 Å². The van der Waals surface area contributed by atoms with E-state index in [0.29, 0.717) is 0 Å². The lowest BCUT2D eigenvalue weighted by molar-refractivity contribution is 1.37. The average Bonchev–Trinajstić information content (AvgIpc) is 3.36. The van der Waals surface area contributed by atoms with E-state index in [2.05, 4.69) is 120 Å². The normalized spacial score (nSPS) is 11.8. The van der Waals surface area contributed by atoms with Crippen LogP contribution in [0.4, 0.5) is 0 Å². The molecule has 0 saturated carbocycles. The van der Waals surface area contributed by atoms with E-state index in [4.69, 9.17) is 0 Å². The summed E-state index contributed by atoms with van der Waals surface area (Å²) in [6, 6.07) is 42.1. The molecule has 172 valence electrons. The molecule has 1 nitrogen and oxygen atoms in total. The van der Waals surface area contributed by atoms with Crippen LogP contribution in [-0.4, -0.2) is 4.98 Å². The maximum absolute atomic E-state index is 4.41. The van der Waals surface area contributed by atoms with Crippen molar-refractivity contribution in [1.82, 2.24) is 4.98 Å². The lowest BCUT2D eigenvalue weighted by Gasteiger charge is -2.12. The molecule has 0 atom stereocenters. The highest BCUT2D eigenvalue weighted by Gasteiger charge is 2.12. The lowest BCUT2D eigenvalue weighted by atomic mass is 9.92. The average molecular weight is 488 g/mol. The molecule has 0 bridgehead atoms. The van der Waals surface area contributed by atoms with E-state index in [1.165, 1.54) is 74.7 Å². The quantitative estimate of drug-likeness (QED) is 0.221. The zero-order valence-corrected chi connectivity index (χ0v) is 20.8. The summed E-state index contributed by atoms with van der Waals surface area (Å²) in [5, 5.41) is 10.2. The lowest BCUT2D eigenvalue weighted by Crippen LogP contribution is -1.86. The third-order valence-corrected chi connectivity index (χ3v) is 8.77. The Morgan fingerprint density at radius 3 is 2.03 bits per heavy atom. The maximum Gasteiger partial charge on any atom is 0.0433 e. The summed E-state index contributed by atoms with van der Waals surface area (Å²) in [4.78, 5) is 4.41. The second-order valence-electron chi connectivity index (χ2n) is 9.59. The Hall–Kier alpha value is -4.53. The van der Waals surface area contributed by atoms with Gasteiger partial charge in [-0.1, -0.05) is 91.0 Å². The Kier molecular flexibility index (Phi) is 4.46. The second-order valence-corrected chi connectivity index (χ2v) is 10.6. The molecule has 8 rings (SSSR count). The molecule has 0 amide bonds. The Bertz CT molecular complexity index is 2120. The summed E-state index contributed by atoms with van der Waals surface area (Å²) in [7, 11) is 0. The van der Waals surface area contributed by atoms with Crippen LogP contribution in [0.15, 0.2) is 128 Å². The molecule has 37 heavy (non-hydrogen) atoms. The molecule has 0 aliphatic carbocycles. The highest BCUT2D eigenvalue weighted by Crippen LogP contribution is 2.41. The number of hydrogen-bond donors (Lipinski definition) is 0. The van der Waals surface area contributed by atoms with Gasteiger partial charge >= 0.3 is 0 Å². The number of fused-ring (bicyclic) bond motifs is 9. The van der Waals surface area contributed by atoms with E-state index in [0.717, 1.165) is 0 Å². The van der Waals surface area contributed by atoms with Crippen LogP contribution < -0.4 is 0 Å². The molecule has 2 aromatic heterocycles. The standard InChI is InChI=1S/C35H21NS/c1-2-10-27-26(9-1)32-20-23(15-16-28(32)29-17-18-36-21-33(27)29)22-7-5-8-24(19-22)25-12-6-13-31-30-11-3-4-14-34(30)37-35(25)31/h1-21H. The fourth-order valence-electron chi connectivity index (χ4n) is 5.82. The predicted octanol–water partition coefficient (Wildman–Crippen LogP) is 10.2. The molecule has 0 N–H and O–H groups in total. The van der Waals surface area contributed by atoms with Crippen molar-refractivity contribution in [3.05, 3.63) is 128 Å². The first-order chi connectivity index (χ1) is 18.3. The monoisotopic (exact) mass is 487 g/mol. The van der Waals surface area contributed by atoms with Crippen molar-refractivity contribution in [3.63, 3.8) is 0 Å². The number of thiophene rings is 1. The van der Waals surface area contributed by atoms with E-state index in [1.54, 1.807) is 0 Å². The van der Waals surface area contributed by atoms with Gasteiger partial charge in [0.15, 0.2) is 0 Å². The maximum atomic E-state index is 4.41. The smallest absolute Gasteiger partial charge is 0.0433 e. The number of nitrogens with zero attached hydrogens (tertiary/aromatic N) is 1. The van der Waals surface area contributed by atoms with Crippen LogP contribution in [0.2, 0.25) is 0 Å². The van der Waals surface area contributed by atoms with Crippen molar-refractivity contribution >= 4 is 63.8 Å². The summed E-state index contributed by atoms with van der Waals surface area (Å²) in [5.41, 5.74) is 5.02. The minimum atomic E-state index is 1.21. The molecule has 2 heterocycles. The van der Waals surface area contributed by atoms with Crippen LogP contribution >= 0.6 is 11.3 Å². The van der Waals surface area contributed by atoms with Crippen molar-refractivity contribution in [1.29, 1.82) is 0 Å². The fourth-order valence-corrected chi connectivity index (χ4v) is 7.06. The number of rotatable bonds is 2. The van der Waals surface area contributed by atoms with Gasteiger partial charge in [-0.15, -0.1) is 11.3 Å². The van der Waals surface area contributed by atoms with Crippen molar-refractivity contribution in [2.24, 2.45) is 0 Å². The zero-order valence-electron chi connectivity index (χ0n) is 20.0. The molecular weight excluding hydrogens is 466 g/mol. The minimum absolute atomic E-state index is 1.21. The molecule has 0 spiro atoms. The largest absolute Gasteiger partial charge is 0.264 e. The van der Waals surface area contributed by atoms with Gasteiger partial charge in [0.1, 0.15) is 0 Å². The molecule has 0 fully saturated rings. The fraction of sp³-hybridized carbons (Fsp3) is 0. The zero-order chi connectivity index (χ0) is 24.3. The molecule has 2 heteroatoms. The Morgan fingerprint density at radius 2 is 1.11 bits per heavy atom. The van der Waals surface area contributed by atoms with Gasteiger partial charge in [-0.05, 0) is 73.5 Å². The van der Waals surface area contributed by atoms with Crippen LogP contribution in [0.25, 0.3) is 74.7 Å². The van der Waals surface area contributed by atoms with Gasteiger partial charge in [0, 0.05) is 38.0 Å². The summed E-state index contributed by atoms with van der Waals surface area (Å²) >= 11 is 1.88. The van der Waals surface area contributed by atoms with Gasteiger partial charge in [-0.25, -0.2) is 0 Å². The molecule has 6 aromatic carbocycles. The van der Waals surface area contributed by atoms with Gasteiger partial charge in [-0.2, -0.15) is 0 Å². The summed E-state index contributed by atoms with van der Waals surface area (Å²) < 4.78 is 2.69. The highest BCUT2D eigenvalue weighted by molar-refractivity contribution is 7.26. The van der Waals surface area contributed by atoms with Crippen molar-refractivity contribution in [3.8, 4) is 22.3 Å². The highest BCUT2D eigenvalue weighted by atomic mass is 32.1. The first kappa shape index (κ1) is 20.6. The van der Waals surface area contributed by atoms with Crippen LogP contribution in [0, 0.1) is 0 Å². The summed E-state index contributed by atoms with van der Waals surface area (Å²) in [5.74, 6) is 0. The van der Waals surface area contributed by atoms with Crippen molar-refractivity contribution in [2.75, 3.05) is 0 Å². The molecule has 8 aromatic rings. The summed E-state index contributed by atoms with van der Waals surface area (Å²) in [6.07, 6.45) is 3.88. The van der Waals surface area contributed by atoms with Gasteiger partial charge in [0.05, 0.1) is 0 Å². The first-order valence-corrected chi connectivity index (χ1v) is 13.4. The van der Waals surface area contributed by atoms with E-state index >= 15 is 0 Å². The molecule has 0 aliphatic heterocycles. The molecular formula is C35H21NS. The molecule has 0 unspecified atom stereocenters. The van der Waals surface area contributed by atoms with Gasteiger partial charge < -0.3 is 0 Å². The van der Waals surface area contributed by atoms with Crippen LogP contribution in [0.3, 0.4) is 0 Å². The van der Waals surface area contributed by atoms with Crippen LogP contribution in [-0.2, 0) is 0 Å². The van der Waals surface area contributed by atoms with Gasteiger partial charge in [-0.3, -0.25) is 4.98 Å². The van der Waals surface area contributed by atoms with Crippen LogP contribution in [0.1, 0.15) is 0 Å². The number of pyridine rings is 1. The van der Waals surface area contributed by atoms with E-state index in [1.807, 2.05) is 23.7 Å². The third-order valence-electron chi connectivity index (χ3n) is 7.55. The van der Waals surface area contributed by atoms with Crippen LogP contribution in [0.5, 0.6) is 0 Å². The van der Waals surface area contributed by atoms with Crippen molar-refractivity contribution < 1.29 is 0 Å². The summed E-state index contributed by atoms with van der Waals surface area (Å²) in [6.45, 7) is 0. The number of aromatic nitrogens is 1. The Morgan fingerprint density at radius 1 is 0.432 bits per heavy atom. The third kappa shape index (κ3) is 3.13. The Balaban J connectivity index is 1.34. The van der Waals surface area contributed by atoms with Gasteiger partial charge in [0.2, 0.25) is 0 Å². The molecule has 0 aliphatic rings. The van der Waals surface area contributed by atoms with Crippen molar-refractivity contribution in [2.45, 2.75) is 0 Å². The Labute approximate surface area is 218 Å². The first-order valence-electron chi connectivity index (χ1n) is 12.5. The topological polar surface area (TPSA) is 12.9 Å². The second kappa shape index (κ2) is 7.99. The number of benzene rings is 6. The predicted molar refractivity (Wildman–Crippen MR) is 161 cm³/mol. The van der Waals surface area contributed by atoms with E-state index in [9.17, 15) is 0 Å². The molecule has 0 radical (unpaired) electrons. The van der Waals surface area contributed by atoms with E-state index in [-0.39, 0.29) is 0 Å². The number of hydrogen-bond acceptors (Lipinski definition) is 2. The minimum Gasteiger partial charge on any atom is -0.264 e.